The first kappa shape index (κ1) is 16.2. The Kier molecular flexibility index (Phi) is 4.25. The number of nitrogens with zero attached hydrogens (tertiary/aromatic N) is 3. The lowest BCUT2D eigenvalue weighted by atomic mass is 9.82. The number of fused-ring (bicyclic) bond motifs is 1. The summed E-state index contributed by atoms with van der Waals surface area (Å²) < 4.78 is 10.7. The lowest BCUT2D eigenvalue weighted by Gasteiger charge is -2.40. The van der Waals surface area contributed by atoms with Gasteiger partial charge in [-0.05, 0) is 25.8 Å². The highest BCUT2D eigenvalue weighted by molar-refractivity contribution is 5.97. The smallest absolute Gasteiger partial charge is 0.257 e. The fourth-order valence-corrected chi connectivity index (χ4v) is 3.85. The topological polar surface area (TPSA) is 85.5 Å². The van der Waals surface area contributed by atoms with Crippen molar-refractivity contribution >= 4 is 22.8 Å². The molecule has 1 aliphatic heterocycles. The predicted molar refractivity (Wildman–Crippen MR) is 89.1 cm³/mol. The molecule has 1 aliphatic carbocycles. The molecule has 1 saturated heterocycles. The second-order valence-corrected chi connectivity index (χ2v) is 6.80. The van der Waals surface area contributed by atoms with E-state index in [1.54, 1.807) is 11.0 Å². The number of rotatable bonds is 2. The normalized spacial score (nSPS) is 24.7. The fourth-order valence-electron chi connectivity index (χ4n) is 3.85. The van der Waals surface area contributed by atoms with E-state index in [0.717, 1.165) is 24.6 Å². The second kappa shape index (κ2) is 6.55. The highest BCUT2D eigenvalue weighted by Crippen LogP contribution is 2.29. The van der Waals surface area contributed by atoms with Crippen LogP contribution in [0.2, 0.25) is 0 Å². The van der Waals surface area contributed by atoms with Gasteiger partial charge >= 0.3 is 0 Å². The Morgan fingerprint density at radius 2 is 2.24 bits per heavy atom. The predicted octanol–water partition coefficient (Wildman–Crippen LogP) is 2.13. The van der Waals surface area contributed by atoms with Gasteiger partial charge in [0.05, 0.1) is 35.9 Å². The zero-order valence-corrected chi connectivity index (χ0v) is 14.2. The molecular formula is C18H21N3O4. The summed E-state index contributed by atoms with van der Waals surface area (Å²) in [6, 6.07) is 1.58. The molecule has 132 valence electrons. The molecule has 7 nitrogen and oxygen atoms in total. The van der Waals surface area contributed by atoms with Crippen molar-refractivity contribution in [2.45, 2.75) is 38.6 Å². The molecule has 0 bridgehead atoms. The Labute approximate surface area is 145 Å². The Balaban J connectivity index is 1.63. The van der Waals surface area contributed by atoms with Gasteiger partial charge in [-0.2, -0.15) is 0 Å². The van der Waals surface area contributed by atoms with E-state index in [2.05, 4.69) is 10.1 Å². The van der Waals surface area contributed by atoms with Crippen molar-refractivity contribution in [3.63, 3.8) is 0 Å². The van der Waals surface area contributed by atoms with Crippen LogP contribution in [0.3, 0.4) is 0 Å². The minimum absolute atomic E-state index is 0.110. The van der Waals surface area contributed by atoms with Crippen LogP contribution < -0.4 is 0 Å². The molecule has 2 aromatic heterocycles. The van der Waals surface area contributed by atoms with Crippen molar-refractivity contribution in [1.29, 1.82) is 0 Å². The average Bonchev–Trinajstić information content (AvgIpc) is 3.02. The van der Waals surface area contributed by atoms with Crippen LogP contribution in [0.15, 0.2) is 16.8 Å². The molecule has 25 heavy (non-hydrogen) atoms. The molecule has 2 fully saturated rings. The van der Waals surface area contributed by atoms with Crippen LogP contribution in [-0.4, -0.2) is 52.5 Å². The van der Waals surface area contributed by atoms with Crippen LogP contribution in [0.1, 0.15) is 41.7 Å². The first-order chi connectivity index (χ1) is 12.1. The Morgan fingerprint density at radius 1 is 1.36 bits per heavy atom. The quantitative estimate of drug-likeness (QED) is 0.830. The van der Waals surface area contributed by atoms with Gasteiger partial charge in [0.15, 0.2) is 0 Å². The molecule has 0 aromatic carbocycles. The van der Waals surface area contributed by atoms with Crippen LogP contribution in [0, 0.1) is 12.8 Å². The lowest BCUT2D eigenvalue weighted by molar-refractivity contribution is -0.129. The molecule has 1 amide bonds. The molecule has 4 rings (SSSR count). The van der Waals surface area contributed by atoms with Gasteiger partial charge in [-0.1, -0.05) is 11.6 Å². The Bertz CT molecular complexity index is 816. The monoisotopic (exact) mass is 343 g/mol. The molecule has 2 atom stereocenters. The van der Waals surface area contributed by atoms with E-state index in [0.29, 0.717) is 43.2 Å². The standard InChI is InChI=1S/C18H21N3O4/c1-11-14-8-12(9-19-17(14)25-20-11)18(23)21-6-7-24-10-15(21)13-4-2-3-5-16(13)22/h8-9,13,15H,2-7,10H2,1H3/t13-,15-/m1/s1. The average molecular weight is 343 g/mol. The van der Waals surface area contributed by atoms with E-state index in [1.165, 1.54) is 6.20 Å². The maximum absolute atomic E-state index is 13.1. The van der Waals surface area contributed by atoms with E-state index in [1.807, 2.05) is 6.92 Å². The van der Waals surface area contributed by atoms with Gasteiger partial charge in [-0.3, -0.25) is 9.59 Å². The van der Waals surface area contributed by atoms with Crippen LogP contribution in [0.25, 0.3) is 11.1 Å². The summed E-state index contributed by atoms with van der Waals surface area (Å²) in [5.41, 5.74) is 1.63. The number of ether oxygens (including phenoxy) is 1. The molecule has 2 aromatic rings. The molecule has 1 saturated carbocycles. The van der Waals surface area contributed by atoms with Crippen molar-refractivity contribution < 1.29 is 18.8 Å². The molecule has 3 heterocycles. The second-order valence-electron chi connectivity index (χ2n) is 6.80. The number of aryl methyl sites for hydroxylation is 1. The summed E-state index contributed by atoms with van der Waals surface area (Å²) in [4.78, 5) is 31.5. The SMILES string of the molecule is Cc1noc2ncc(C(=O)N3CCOC[C@@H]3[C@H]3CCCCC3=O)cc12. The minimum atomic E-state index is -0.187. The van der Waals surface area contributed by atoms with Crippen molar-refractivity contribution in [3.05, 3.63) is 23.5 Å². The fraction of sp³-hybridized carbons (Fsp3) is 0.556. The summed E-state index contributed by atoms with van der Waals surface area (Å²) in [6.45, 7) is 3.23. The number of hydrogen-bond donors (Lipinski definition) is 0. The van der Waals surface area contributed by atoms with Crippen LogP contribution in [0.5, 0.6) is 0 Å². The van der Waals surface area contributed by atoms with Gasteiger partial charge in [-0.25, -0.2) is 4.98 Å². The number of carbonyl (C=O) groups excluding carboxylic acids is 2. The summed E-state index contributed by atoms with van der Waals surface area (Å²) >= 11 is 0. The summed E-state index contributed by atoms with van der Waals surface area (Å²) in [7, 11) is 0. The third-order valence-corrected chi connectivity index (χ3v) is 5.25. The van der Waals surface area contributed by atoms with Gasteiger partial charge in [0, 0.05) is 25.1 Å². The van der Waals surface area contributed by atoms with Gasteiger partial charge in [-0.15, -0.1) is 0 Å². The minimum Gasteiger partial charge on any atom is -0.377 e. The Hall–Kier alpha value is -2.28. The van der Waals surface area contributed by atoms with E-state index in [9.17, 15) is 9.59 Å². The van der Waals surface area contributed by atoms with Gasteiger partial charge in [0.1, 0.15) is 5.78 Å². The number of pyridine rings is 1. The summed E-state index contributed by atoms with van der Waals surface area (Å²) in [5, 5.41) is 4.62. The number of aromatic nitrogens is 2. The molecule has 0 unspecified atom stereocenters. The van der Waals surface area contributed by atoms with E-state index in [-0.39, 0.29) is 23.7 Å². The molecular weight excluding hydrogens is 322 g/mol. The zero-order chi connectivity index (χ0) is 17.4. The van der Waals surface area contributed by atoms with E-state index < -0.39 is 0 Å². The third-order valence-electron chi connectivity index (χ3n) is 5.25. The van der Waals surface area contributed by atoms with Gasteiger partial charge in [0.2, 0.25) is 0 Å². The molecule has 0 radical (unpaired) electrons. The van der Waals surface area contributed by atoms with Crippen molar-refractivity contribution in [3.8, 4) is 0 Å². The number of carbonyl (C=O) groups is 2. The van der Waals surface area contributed by atoms with Gasteiger partial charge in [0.25, 0.3) is 11.6 Å². The molecule has 0 N–H and O–H groups in total. The Morgan fingerprint density at radius 3 is 3.08 bits per heavy atom. The third kappa shape index (κ3) is 2.93. The zero-order valence-electron chi connectivity index (χ0n) is 14.2. The lowest BCUT2D eigenvalue weighted by Crippen LogP contribution is -2.54. The first-order valence-electron chi connectivity index (χ1n) is 8.78. The molecule has 0 spiro atoms. The molecule has 7 heteroatoms. The van der Waals surface area contributed by atoms with Crippen molar-refractivity contribution in [1.82, 2.24) is 15.0 Å². The van der Waals surface area contributed by atoms with E-state index in [4.69, 9.17) is 9.26 Å². The number of ketones is 1. The number of Topliss-reactive ketones (excluding diaryl/α,β-unsaturated/α-hetero) is 1. The highest BCUT2D eigenvalue weighted by Gasteiger charge is 2.38. The van der Waals surface area contributed by atoms with Crippen LogP contribution in [0.4, 0.5) is 0 Å². The van der Waals surface area contributed by atoms with E-state index >= 15 is 0 Å². The maximum atomic E-state index is 13.1. The summed E-state index contributed by atoms with van der Waals surface area (Å²) in [6.07, 6.45) is 4.94. The van der Waals surface area contributed by atoms with Crippen LogP contribution >= 0.6 is 0 Å². The molecule has 2 aliphatic rings. The number of amides is 1. The summed E-state index contributed by atoms with van der Waals surface area (Å²) in [5.74, 6) is 0.0247. The van der Waals surface area contributed by atoms with Crippen LogP contribution in [-0.2, 0) is 9.53 Å². The van der Waals surface area contributed by atoms with Crippen molar-refractivity contribution in [2.24, 2.45) is 5.92 Å². The maximum Gasteiger partial charge on any atom is 0.257 e. The largest absolute Gasteiger partial charge is 0.377 e. The van der Waals surface area contributed by atoms with Crippen molar-refractivity contribution in [2.75, 3.05) is 19.8 Å². The number of hydrogen-bond acceptors (Lipinski definition) is 6. The number of morpholine rings is 1. The first-order valence-corrected chi connectivity index (χ1v) is 8.78. The highest BCUT2D eigenvalue weighted by atomic mass is 16.5. The van der Waals surface area contributed by atoms with Gasteiger partial charge < -0.3 is 14.2 Å².